The van der Waals surface area contributed by atoms with Gasteiger partial charge < -0.3 is 37.1 Å². The lowest BCUT2D eigenvalue weighted by atomic mass is 9.94. The number of hydrogen-bond donors (Lipinski definition) is 6. The van der Waals surface area contributed by atoms with Crippen LogP contribution in [-0.2, 0) is 16.1 Å². The Morgan fingerprint density at radius 1 is 0.849 bits per heavy atom. The summed E-state index contributed by atoms with van der Waals surface area (Å²) in [7, 11) is 0. The number of halogens is 1. The molecule has 0 aliphatic carbocycles. The standard InChI is InChI=1S/C41H52FN7O4/c1-27(2)37-36(40(53)48-32-16-8-5-9-17-32)35(29-14-6-4-7-15-29)38(30-19-21-31(42)22-20-30)49(37)25-13-10-18-33(50)26-34(51)47-28(3)39(52)45-23-11-12-24-46-41(43)44/h4-9,14-17,19-22,27-28,33,50H,10-13,18,23-26H2,1-3H3,(H,45,52)(H,47,51)(H,48,53)(H4,43,44,46). The summed E-state index contributed by atoms with van der Waals surface area (Å²) in [5.41, 5.74) is 15.9. The van der Waals surface area contributed by atoms with Crippen LogP contribution >= 0.6 is 0 Å². The minimum atomic E-state index is -0.904. The Balaban J connectivity index is 1.48. The summed E-state index contributed by atoms with van der Waals surface area (Å²) < 4.78 is 16.3. The van der Waals surface area contributed by atoms with Crippen LogP contribution in [0.25, 0.3) is 22.4 Å². The maximum atomic E-state index is 14.2. The van der Waals surface area contributed by atoms with Gasteiger partial charge in [-0.3, -0.25) is 19.4 Å². The number of carbonyl (C=O) groups is 3. The topological polar surface area (TPSA) is 177 Å². The van der Waals surface area contributed by atoms with Crippen LogP contribution in [0.2, 0.25) is 0 Å². The fraction of sp³-hybridized carbons (Fsp3) is 0.366. The first-order valence-electron chi connectivity index (χ1n) is 18.2. The quantitative estimate of drug-likeness (QED) is 0.0397. The van der Waals surface area contributed by atoms with E-state index in [1.54, 1.807) is 19.1 Å². The Morgan fingerprint density at radius 2 is 1.51 bits per heavy atom. The van der Waals surface area contributed by atoms with Gasteiger partial charge in [-0.1, -0.05) is 62.4 Å². The molecule has 0 aliphatic heterocycles. The first kappa shape index (κ1) is 40.3. The highest BCUT2D eigenvalue weighted by atomic mass is 19.1. The third-order valence-corrected chi connectivity index (χ3v) is 8.83. The number of para-hydroxylation sites is 1. The summed E-state index contributed by atoms with van der Waals surface area (Å²) >= 11 is 0. The second kappa shape index (κ2) is 19.9. The Labute approximate surface area is 311 Å². The van der Waals surface area contributed by atoms with Crippen molar-refractivity contribution in [1.29, 1.82) is 0 Å². The smallest absolute Gasteiger partial charge is 0.258 e. The van der Waals surface area contributed by atoms with Crippen molar-refractivity contribution in [3.05, 3.63) is 102 Å². The molecule has 282 valence electrons. The van der Waals surface area contributed by atoms with Crippen LogP contribution < -0.4 is 27.4 Å². The summed E-state index contributed by atoms with van der Waals surface area (Å²) in [5.74, 6) is -1.36. The molecule has 4 aromatic rings. The molecule has 53 heavy (non-hydrogen) atoms. The number of aromatic nitrogens is 1. The van der Waals surface area contributed by atoms with Gasteiger partial charge in [-0.25, -0.2) is 4.39 Å². The monoisotopic (exact) mass is 725 g/mol. The van der Waals surface area contributed by atoms with Crippen LogP contribution in [0.4, 0.5) is 10.1 Å². The van der Waals surface area contributed by atoms with Gasteiger partial charge in [-0.2, -0.15) is 0 Å². The third kappa shape index (κ3) is 11.8. The van der Waals surface area contributed by atoms with Crippen molar-refractivity contribution < 1.29 is 23.9 Å². The Kier molecular flexibility index (Phi) is 15.2. The van der Waals surface area contributed by atoms with Crippen molar-refractivity contribution in [2.45, 2.75) is 83.9 Å². The summed E-state index contributed by atoms with van der Waals surface area (Å²) in [4.78, 5) is 43.2. The highest BCUT2D eigenvalue weighted by Crippen LogP contribution is 2.42. The largest absolute Gasteiger partial charge is 0.393 e. The van der Waals surface area contributed by atoms with Gasteiger partial charge >= 0.3 is 0 Å². The second-order valence-corrected chi connectivity index (χ2v) is 13.4. The Hall–Kier alpha value is -5.49. The van der Waals surface area contributed by atoms with E-state index in [2.05, 4.69) is 25.5 Å². The number of anilines is 1. The van der Waals surface area contributed by atoms with Gasteiger partial charge in [0, 0.05) is 36.6 Å². The van der Waals surface area contributed by atoms with Crippen LogP contribution in [0, 0.1) is 5.82 Å². The van der Waals surface area contributed by atoms with Crippen LogP contribution in [0.1, 0.15) is 81.3 Å². The van der Waals surface area contributed by atoms with E-state index in [1.807, 2.05) is 74.5 Å². The number of nitrogens with zero attached hydrogens (tertiary/aromatic N) is 2. The molecule has 0 fully saturated rings. The SMILES string of the molecule is CC(NC(=O)CC(O)CCCCn1c(-c2ccc(F)cc2)c(-c2ccccc2)c(C(=O)Nc2ccccc2)c1C(C)C)C(=O)NCCCCN=C(N)N. The van der Waals surface area contributed by atoms with E-state index in [9.17, 15) is 23.9 Å². The summed E-state index contributed by atoms with van der Waals surface area (Å²) in [5, 5.41) is 19.3. The Morgan fingerprint density at radius 3 is 2.15 bits per heavy atom. The maximum absolute atomic E-state index is 14.2. The molecule has 0 bridgehead atoms. The summed E-state index contributed by atoms with van der Waals surface area (Å²) in [6.45, 7) is 7.11. The number of unbranched alkanes of at least 4 members (excludes halogenated alkanes) is 2. The number of nitrogens with two attached hydrogens (primary N) is 2. The lowest BCUT2D eigenvalue weighted by Gasteiger charge is -2.18. The molecule has 4 rings (SSSR count). The number of aliphatic hydroxyl groups is 1. The summed E-state index contributed by atoms with van der Waals surface area (Å²) in [6, 6.07) is 24.6. The molecular formula is C41H52FN7O4. The molecule has 11 nitrogen and oxygen atoms in total. The van der Waals surface area contributed by atoms with E-state index in [0.717, 1.165) is 28.1 Å². The normalized spacial score (nSPS) is 12.2. The molecule has 12 heteroatoms. The number of aliphatic hydroxyl groups excluding tert-OH is 1. The molecular weight excluding hydrogens is 673 g/mol. The molecule has 0 saturated heterocycles. The fourth-order valence-electron chi connectivity index (χ4n) is 6.35. The number of benzene rings is 3. The van der Waals surface area contributed by atoms with Gasteiger partial charge in [0.1, 0.15) is 11.9 Å². The average molecular weight is 726 g/mol. The van der Waals surface area contributed by atoms with Crippen molar-refractivity contribution in [3.63, 3.8) is 0 Å². The van der Waals surface area contributed by atoms with Crippen LogP contribution in [0.5, 0.6) is 0 Å². The van der Waals surface area contributed by atoms with Crippen molar-refractivity contribution in [1.82, 2.24) is 15.2 Å². The zero-order valence-corrected chi connectivity index (χ0v) is 30.8. The van der Waals surface area contributed by atoms with E-state index in [0.29, 0.717) is 63.0 Å². The number of nitrogens with one attached hydrogen (secondary N) is 3. The fourth-order valence-corrected chi connectivity index (χ4v) is 6.35. The molecule has 2 unspecified atom stereocenters. The van der Waals surface area contributed by atoms with Gasteiger partial charge in [0.15, 0.2) is 5.96 Å². The molecule has 3 amide bonds. The van der Waals surface area contributed by atoms with Gasteiger partial charge in [0.2, 0.25) is 11.8 Å². The van der Waals surface area contributed by atoms with E-state index in [-0.39, 0.29) is 35.9 Å². The van der Waals surface area contributed by atoms with Crippen molar-refractivity contribution in [2.75, 3.05) is 18.4 Å². The molecule has 2 atom stereocenters. The second-order valence-electron chi connectivity index (χ2n) is 13.4. The molecule has 0 saturated carbocycles. The number of amides is 3. The van der Waals surface area contributed by atoms with Gasteiger partial charge in [0.25, 0.3) is 5.91 Å². The summed E-state index contributed by atoms with van der Waals surface area (Å²) in [6.07, 6.45) is 1.94. The zero-order valence-electron chi connectivity index (χ0n) is 30.8. The van der Waals surface area contributed by atoms with Crippen molar-refractivity contribution in [2.24, 2.45) is 16.5 Å². The Bertz CT molecular complexity index is 1820. The van der Waals surface area contributed by atoms with Gasteiger partial charge in [-0.15, -0.1) is 0 Å². The number of aliphatic imine (C=N–C) groups is 1. The number of hydrogen-bond acceptors (Lipinski definition) is 5. The molecule has 0 aliphatic rings. The van der Waals surface area contributed by atoms with Crippen LogP contribution in [-0.4, -0.2) is 58.6 Å². The van der Waals surface area contributed by atoms with Gasteiger partial charge in [-0.05, 0) is 92.5 Å². The predicted octanol–water partition coefficient (Wildman–Crippen LogP) is 5.93. The number of carbonyl (C=O) groups excluding carboxylic acids is 3. The molecule has 8 N–H and O–H groups in total. The highest BCUT2D eigenvalue weighted by molar-refractivity contribution is 6.12. The third-order valence-electron chi connectivity index (χ3n) is 8.83. The molecule has 0 spiro atoms. The van der Waals surface area contributed by atoms with Crippen molar-refractivity contribution in [3.8, 4) is 22.4 Å². The van der Waals surface area contributed by atoms with Crippen LogP contribution in [0.15, 0.2) is 89.9 Å². The first-order chi connectivity index (χ1) is 25.5. The first-order valence-corrected chi connectivity index (χ1v) is 18.2. The van der Waals surface area contributed by atoms with E-state index >= 15 is 0 Å². The minimum Gasteiger partial charge on any atom is -0.393 e. The number of rotatable bonds is 19. The maximum Gasteiger partial charge on any atom is 0.258 e. The average Bonchev–Trinajstić information content (AvgIpc) is 3.48. The highest BCUT2D eigenvalue weighted by Gasteiger charge is 2.30. The lowest BCUT2D eigenvalue weighted by Crippen LogP contribution is -2.45. The molecule has 1 heterocycles. The zero-order chi connectivity index (χ0) is 38.3. The molecule has 0 radical (unpaired) electrons. The molecule has 3 aromatic carbocycles. The van der Waals surface area contributed by atoms with E-state index in [4.69, 9.17) is 11.5 Å². The van der Waals surface area contributed by atoms with Crippen molar-refractivity contribution >= 4 is 29.4 Å². The van der Waals surface area contributed by atoms with E-state index in [1.165, 1.54) is 12.1 Å². The number of guanidine groups is 1. The molecule has 1 aromatic heterocycles. The van der Waals surface area contributed by atoms with Gasteiger partial charge in [0.05, 0.1) is 23.8 Å². The van der Waals surface area contributed by atoms with Crippen LogP contribution in [0.3, 0.4) is 0 Å². The predicted molar refractivity (Wildman–Crippen MR) is 209 cm³/mol. The minimum absolute atomic E-state index is 0.0290. The lowest BCUT2D eigenvalue weighted by molar-refractivity contribution is -0.129. The van der Waals surface area contributed by atoms with E-state index < -0.39 is 18.1 Å².